The summed E-state index contributed by atoms with van der Waals surface area (Å²) in [5, 5.41) is 55.4. The largest absolute Gasteiger partial charge is 0.481 e. The van der Waals surface area contributed by atoms with Crippen molar-refractivity contribution in [3.05, 3.63) is 0 Å². The molecule has 0 aromatic carbocycles. The lowest BCUT2D eigenvalue weighted by atomic mass is 10.0. The number of nitrogens with two attached hydrogens (primary N) is 1. The molecule has 0 rings (SSSR count). The number of carbonyl (C=O) groups is 9. The third-order valence-electron chi connectivity index (χ3n) is 9.51. The Kier molecular flexibility index (Phi) is 30.4. The fourth-order valence-electron chi connectivity index (χ4n) is 6.01. The second kappa shape index (κ2) is 33.2. The van der Waals surface area contributed by atoms with Gasteiger partial charge in [-0.3, -0.25) is 28.8 Å². The van der Waals surface area contributed by atoms with Crippen LogP contribution in [0.4, 0.5) is 0 Å². The number of carboxylic acid groups (broad SMARTS) is 5. The molecule has 0 radical (unpaired) electrons. The fraction of sp³-hybridized carbons (Fsp3) is 0.769. The monoisotopic (exact) mass is 829 g/mol. The summed E-state index contributed by atoms with van der Waals surface area (Å²) in [4.78, 5) is 106. The smallest absolute Gasteiger partial charge is 0.326 e. The SMILES string of the molecule is N[C@@H](CCCCNC(=O)CC[C@H](NC(=O)CC[C@H](NC(=O)CC[C@H](NC(=O)CCCCCCCCCCCCCCCCC(=O)O)C(=O)O)C(=O)O)C(=O)O)C(=O)O. The van der Waals surface area contributed by atoms with E-state index in [1.807, 2.05) is 0 Å². The molecular formula is C39H67N5O14. The molecule has 0 unspecified atom stereocenters. The summed E-state index contributed by atoms with van der Waals surface area (Å²) in [7, 11) is 0. The maximum atomic E-state index is 12.5. The maximum absolute atomic E-state index is 12.5. The summed E-state index contributed by atoms with van der Waals surface area (Å²) < 4.78 is 0. The number of unbranched alkanes of at least 4 members (excludes halogenated alkanes) is 14. The van der Waals surface area contributed by atoms with Gasteiger partial charge in [0, 0.05) is 38.6 Å². The molecule has 0 heterocycles. The molecule has 0 saturated carbocycles. The predicted molar refractivity (Wildman–Crippen MR) is 210 cm³/mol. The van der Waals surface area contributed by atoms with Crippen molar-refractivity contribution in [2.24, 2.45) is 5.73 Å². The molecule has 11 N–H and O–H groups in total. The zero-order chi connectivity index (χ0) is 43.7. The van der Waals surface area contributed by atoms with Crippen molar-refractivity contribution in [3.63, 3.8) is 0 Å². The van der Waals surface area contributed by atoms with Crippen molar-refractivity contribution >= 4 is 53.5 Å². The highest BCUT2D eigenvalue weighted by atomic mass is 16.4. The number of hydrogen-bond acceptors (Lipinski definition) is 10. The summed E-state index contributed by atoms with van der Waals surface area (Å²) in [5.41, 5.74) is 5.41. The number of carboxylic acids is 5. The number of aliphatic carboxylic acids is 5. The molecule has 0 aliphatic carbocycles. The van der Waals surface area contributed by atoms with Crippen LogP contribution in [0.1, 0.15) is 161 Å². The molecular weight excluding hydrogens is 762 g/mol. The van der Waals surface area contributed by atoms with E-state index in [1.54, 1.807) is 0 Å². The lowest BCUT2D eigenvalue weighted by Crippen LogP contribution is -2.45. The molecule has 19 nitrogen and oxygen atoms in total. The maximum Gasteiger partial charge on any atom is 0.326 e. The van der Waals surface area contributed by atoms with Gasteiger partial charge in [0.2, 0.25) is 23.6 Å². The van der Waals surface area contributed by atoms with Crippen LogP contribution in [-0.2, 0) is 43.2 Å². The summed E-state index contributed by atoms with van der Waals surface area (Å²) in [6, 6.07) is -5.38. The third-order valence-corrected chi connectivity index (χ3v) is 9.51. The van der Waals surface area contributed by atoms with Crippen LogP contribution in [0.2, 0.25) is 0 Å². The van der Waals surface area contributed by atoms with E-state index in [0.29, 0.717) is 19.3 Å². The number of amides is 4. The highest BCUT2D eigenvalue weighted by Gasteiger charge is 2.26. The zero-order valence-electron chi connectivity index (χ0n) is 33.7. The van der Waals surface area contributed by atoms with Crippen LogP contribution in [-0.4, -0.2) is 110 Å². The van der Waals surface area contributed by atoms with Crippen molar-refractivity contribution in [3.8, 4) is 0 Å². The second-order valence-corrected chi connectivity index (χ2v) is 14.6. The topological polar surface area (TPSA) is 329 Å². The quantitative estimate of drug-likeness (QED) is 0.0400. The van der Waals surface area contributed by atoms with E-state index in [2.05, 4.69) is 21.3 Å². The van der Waals surface area contributed by atoms with Gasteiger partial charge in [0.1, 0.15) is 24.2 Å². The van der Waals surface area contributed by atoms with Crippen molar-refractivity contribution in [2.45, 2.75) is 185 Å². The molecule has 0 spiro atoms. The minimum Gasteiger partial charge on any atom is -0.481 e. The Morgan fingerprint density at radius 3 is 1.03 bits per heavy atom. The predicted octanol–water partition coefficient (Wildman–Crippen LogP) is 3.06. The first-order valence-corrected chi connectivity index (χ1v) is 20.6. The van der Waals surface area contributed by atoms with Gasteiger partial charge in [-0.1, -0.05) is 77.0 Å². The highest BCUT2D eigenvalue weighted by molar-refractivity contribution is 5.87. The average Bonchev–Trinajstić information content (AvgIpc) is 3.15. The van der Waals surface area contributed by atoms with E-state index in [4.69, 9.17) is 15.9 Å². The van der Waals surface area contributed by atoms with E-state index in [9.17, 15) is 58.5 Å². The first-order valence-electron chi connectivity index (χ1n) is 20.6. The van der Waals surface area contributed by atoms with Crippen LogP contribution in [0.5, 0.6) is 0 Å². The van der Waals surface area contributed by atoms with Crippen LogP contribution in [0.3, 0.4) is 0 Å². The number of nitrogens with one attached hydrogen (secondary N) is 4. The summed E-state index contributed by atoms with van der Waals surface area (Å²) in [6.07, 6.45) is 13.6. The van der Waals surface area contributed by atoms with Crippen LogP contribution < -0.4 is 27.0 Å². The number of hydrogen-bond donors (Lipinski definition) is 10. The Morgan fingerprint density at radius 1 is 0.362 bits per heavy atom. The van der Waals surface area contributed by atoms with Crippen LogP contribution >= 0.6 is 0 Å². The Morgan fingerprint density at radius 2 is 0.690 bits per heavy atom. The van der Waals surface area contributed by atoms with Gasteiger partial charge in [0.15, 0.2) is 0 Å². The van der Waals surface area contributed by atoms with Crippen LogP contribution in [0.15, 0.2) is 0 Å². The summed E-state index contributed by atoms with van der Waals surface area (Å²) in [5.74, 6) is -8.73. The standard InChI is InChI=1S/C39H67N5O14/c40-27(36(51)52)17-15-16-26-41-31(45)23-20-28(37(53)54)43-33(47)25-22-30(39(57)58)44-34(48)24-21-29(38(55)56)42-32(46)18-13-11-9-7-5-3-1-2-4-6-8-10-12-14-19-35(49)50/h27-30H,1-26,40H2,(H,41,45)(H,42,46)(H,43,47)(H,44,48)(H,49,50)(H,51,52)(H,53,54)(H,55,56)(H,57,58)/t27-,28-,29-,30-/m0/s1. The highest BCUT2D eigenvalue weighted by Crippen LogP contribution is 2.14. The molecule has 0 bridgehead atoms. The van der Waals surface area contributed by atoms with E-state index in [0.717, 1.165) is 57.8 Å². The van der Waals surface area contributed by atoms with Gasteiger partial charge in [-0.15, -0.1) is 0 Å². The van der Waals surface area contributed by atoms with Gasteiger partial charge in [-0.2, -0.15) is 0 Å². The van der Waals surface area contributed by atoms with Crippen molar-refractivity contribution < 1.29 is 68.7 Å². The number of carbonyl (C=O) groups excluding carboxylic acids is 4. The van der Waals surface area contributed by atoms with Crippen molar-refractivity contribution in [1.29, 1.82) is 0 Å². The molecule has 0 aliphatic heterocycles. The van der Waals surface area contributed by atoms with Gasteiger partial charge in [0.05, 0.1) is 0 Å². The molecule has 0 aliphatic rings. The van der Waals surface area contributed by atoms with Gasteiger partial charge >= 0.3 is 29.8 Å². The molecule has 4 amide bonds. The molecule has 19 heteroatoms. The van der Waals surface area contributed by atoms with Crippen molar-refractivity contribution in [2.75, 3.05) is 6.54 Å². The van der Waals surface area contributed by atoms with E-state index in [-0.39, 0.29) is 45.1 Å². The van der Waals surface area contributed by atoms with E-state index >= 15 is 0 Å². The first-order chi connectivity index (χ1) is 27.5. The summed E-state index contributed by atoms with van der Waals surface area (Å²) >= 11 is 0. The molecule has 0 fully saturated rings. The zero-order valence-corrected chi connectivity index (χ0v) is 33.7. The third kappa shape index (κ3) is 30.3. The Labute approximate surface area is 340 Å². The average molecular weight is 830 g/mol. The van der Waals surface area contributed by atoms with Crippen LogP contribution in [0, 0.1) is 0 Å². The first kappa shape index (κ1) is 53.2. The minimum absolute atomic E-state index is 0.124. The van der Waals surface area contributed by atoms with E-state index < -0.39 is 96.9 Å². The van der Waals surface area contributed by atoms with Gasteiger partial charge in [0.25, 0.3) is 0 Å². The molecule has 0 aromatic rings. The normalized spacial score (nSPS) is 13.0. The summed E-state index contributed by atoms with van der Waals surface area (Å²) in [6.45, 7) is 0.218. The van der Waals surface area contributed by atoms with Gasteiger partial charge < -0.3 is 52.5 Å². The Balaban J connectivity index is 4.35. The molecule has 332 valence electrons. The Hall–Kier alpha value is -4.81. The molecule has 4 atom stereocenters. The Bertz CT molecular complexity index is 1300. The lowest BCUT2D eigenvalue weighted by molar-refractivity contribution is -0.144. The van der Waals surface area contributed by atoms with Gasteiger partial charge in [-0.05, 0) is 51.4 Å². The molecule has 0 saturated heterocycles. The minimum atomic E-state index is -1.55. The molecule has 0 aromatic heterocycles. The lowest BCUT2D eigenvalue weighted by Gasteiger charge is -2.18. The number of rotatable bonds is 38. The van der Waals surface area contributed by atoms with E-state index in [1.165, 1.54) is 25.7 Å². The van der Waals surface area contributed by atoms with Crippen molar-refractivity contribution in [1.82, 2.24) is 21.3 Å². The fourth-order valence-corrected chi connectivity index (χ4v) is 6.01. The van der Waals surface area contributed by atoms with Gasteiger partial charge in [-0.25, -0.2) is 14.4 Å². The molecule has 58 heavy (non-hydrogen) atoms. The second-order valence-electron chi connectivity index (χ2n) is 14.6. The van der Waals surface area contributed by atoms with Crippen LogP contribution in [0.25, 0.3) is 0 Å².